The number of aliphatic imine (C=N–C) groups is 1. The standard InChI is InChI=1S/C14H17NO2/c1-3-5-11-6-4-7-12(13(11)17-2)14(8-9-14)15-10-16/h4,6-7H,3,5,8-9H2,1-2H3. The monoisotopic (exact) mass is 231 g/mol. The van der Waals surface area contributed by atoms with Crippen LogP contribution in [0.25, 0.3) is 0 Å². The van der Waals surface area contributed by atoms with Crippen LogP contribution in [0.3, 0.4) is 0 Å². The zero-order valence-electron chi connectivity index (χ0n) is 10.3. The minimum Gasteiger partial charge on any atom is -0.496 e. The average molecular weight is 231 g/mol. The van der Waals surface area contributed by atoms with Gasteiger partial charge in [0, 0.05) is 5.56 Å². The molecule has 3 nitrogen and oxygen atoms in total. The molecule has 0 N–H and O–H groups in total. The summed E-state index contributed by atoms with van der Waals surface area (Å²) in [5.41, 5.74) is 1.88. The lowest BCUT2D eigenvalue weighted by Crippen LogP contribution is -2.07. The third-order valence-corrected chi connectivity index (χ3v) is 3.30. The third kappa shape index (κ3) is 2.11. The summed E-state index contributed by atoms with van der Waals surface area (Å²) in [6, 6.07) is 6.10. The molecule has 0 bridgehead atoms. The first-order valence-corrected chi connectivity index (χ1v) is 6.03. The van der Waals surface area contributed by atoms with Gasteiger partial charge in [-0.05, 0) is 24.8 Å². The Labute approximate surface area is 102 Å². The Hall–Kier alpha value is -1.60. The van der Waals surface area contributed by atoms with E-state index in [9.17, 15) is 4.79 Å². The molecule has 1 aliphatic carbocycles. The van der Waals surface area contributed by atoms with E-state index in [0.717, 1.165) is 37.0 Å². The van der Waals surface area contributed by atoms with Gasteiger partial charge in [0.15, 0.2) is 0 Å². The Morgan fingerprint density at radius 3 is 2.76 bits per heavy atom. The van der Waals surface area contributed by atoms with E-state index in [4.69, 9.17) is 4.74 Å². The number of para-hydroxylation sites is 1. The zero-order chi connectivity index (χ0) is 12.3. The fourth-order valence-electron chi connectivity index (χ4n) is 2.31. The van der Waals surface area contributed by atoms with Gasteiger partial charge in [-0.3, -0.25) is 0 Å². The molecule has 0 saturated heterocycles. The summed E-state index contributed by atoms with van der Waals surface area (Å²) in [6.07, 6.45) is 5.57. The van der Waals surface area contributed by atoms with E-state index in [1.54, 1.807) is 13.2 Å². The van der Waals surface area contributed by atoms with Gasteiger partial charge in [0.25, 0.3) is 0 Å². The molecule has 0 unspecified atom stereocenters. The van der Waals surface area contributed by atoms with E-state index in [1.807, 2.05) is 12.1 Å². The molecule has 1 aliphatic rings. The molecule has 1 fully saturated rings. The van der Waals surface area contributed by atoms with E-state index >= 15 is 0 Å². The van der Waals surface area contributed by atoms with E-state index in [0.29, 0.717) is 0 Å². The van der Waals surface area contributed by atoms with Crippen LogP contribution in [0.2, 0.25) is 0 Å². The second-order valence-corrected chi connectivity index (χ2v) is 4.48. The molecule has 0 aromatic heterocycles. The number of hydrogen-bond acceptors (Lipinski definition) is 3. The molecule has 1 aromatic rings. The molecule has 1 aromatic carbocycles. The van der Waals surface area contributed by atoms with Gasteiger partial charge in [-0.2, -0.15) is 4.99 Å². The van der Waals surface area contributed by atoms with Crippen LogP contribution in [0.4, 0.5) is 0 Å². The molecule has 0 spiro atoms. The summed E-state index contributed by atoms with van der Waals surface area (Å²) in [7, 11) is 1.68. The van der Waals surface area contributed by atoms with Crippen molar-refractivity contribution < 1.29 is 9.53 Å². The van der Waals surface area contributed by atoms with Crippen LogP contribution in [-0.2, 0) is 16.8 Å². The lowest BCUT2D eigenvalue weighted by molar-refractivity contribution is 0.399. The van der Waals surface area contributed by atoms with Gasteiger partial charge in [-0.1, -0.05) is 31.5 Å². The predicted molar refractivity (Wildman–Crippen MR) is 66.0 cm³/mol. The van der Waals surface area contributed by atoms with E-state index in [2.05, 4.69) is 18.0 Å². The second kappa shape index (κ2) is 4.72. The summed E-state index contributed by atoms with van der Waals surface area (Å²) in [6.45, 7) is 2.14. The summed E-state index contributed by atoms with van der Waals surface area (Å²) < 4.78 is 5.51. The first-order valence-electron chi connectivity index (χ1n) is 6.03. The summed E-state index contributed by atoms with van der Waals surface area (Å²) in [4.78, 5) is 14.5. The fraction of sp³-hybridized carbons (Fsp3) is 0.500. The lowest BCUT2D eigenvalue weighted by atomic mass is 9.98. The van der Waals surface area contributed by atoms with Crippen molar-refractivity contribution in [1.82, 2.24) is 0 Å². The molecule has 0 aliphatic heterocycles. The van der Waals surface area contributed by atoms with Crippen molar-refractivity contribution in [1.29, 1.82) is 0 Å². The van der Waals surface area contributed by atoms with Gasteiger partial charge < -0.3 is 4.74 Å². The van der Waals surface area contributed by atoms with Crippen molar-refractivity contribution in [3.05, 3.63) is 29.3 Å². The number of ether oxygens (including phenoxy) is 1. The van der Waals surface area contributed by atoms with Crippen molar-refractivity contribution in [2.45, 2.75) is 38.1 Å². The number of isocyanates is 1. The molecule has 0 heterocycles. The molecular formula is C14H17NO2. The predicted octanol–water partition coefficient (Wildman–Crippen LogP) is 2.97. The van der Waals surface area contributed by atoms with Crippen LogP contribution in [0.1, 0.15) is 37.3 Å². The Balaban J connectivity index is 2.47. The highest BCUT2D eigenvalue weighted by Crippen LogP contribution is 2.52. The smallest absolute Gasteiger partial charge is 0.235 e. The minimum absolute atomic E-state index is 0.350. The quantitative estimate of drug-likeness (QED) is 0.577. The Kier molecular flexibility index (Phi) is 3.30. The molecule has 2 rings (SSSR count). The number of carbonyl (C=O) groups excluding carboxylic acids is 1. The van der Waals surface area contributed by atoms with Crippen molar-refractivity contribution in [2.24, 2.45) is 4.99 Å². The SMILES string of the molecule is CCCc1cccc(C2(N=C=O)CC2)c1OC. The van der Waals surface area contributed by atoms with Crippen molar-refractivity contribution in [3.63, 3.8) is 0 Å². The van der Waals surface area contributed by atoms with Crippen molar-refractivity contribution in [2.75, 3.05) is 7.11 Å². The van der Waals surface area contributed by atoms with Gasteiger partial charge in [-0.15, -0.1) is 0 Å². The minimum atomic E-state index is -0.350. The first-order chi connectivity index (χ1) is 8.27. The summed E-state index contributed by atoms with van der Waals surface area (Å²) in [5, 5.41) is 0. The van der Waals surface area contributed by atoms with Crippen LogP contribution in [0.15, 0.2) is 23.2 Å². The van der Waals surface area contributed by atoms with E-state index in [-0.39, 0.29) is 5.54 Å². The molecule has 0 radical (unpaired) electrons. The van der Waals surface area contributed by atoms with Crippen LogP contribution in [-0.4, -0.2) is 13.2 Å². The van der Waals surface area contributed by atoms with Gasteiger partial charge >= 0.3 is 0 Å². The number of hydrogen-bond donors (Lipinski definition) is 0. The molecule has 0 atom stereocenters. The van der Waals surface area contributed by atoms with Crippen molar-refractivity contribution >= 4 is 6.08 Å². The van der Waals surface area contributed by atoms with Gasteiger partial charge in [0.1, 0.15) is 11.3 Å². The first kappa shape index (κ1) is 11.9. The largest absolute Gasteiger partial charge is 0.496 e. The number of benzene rings is 1. The summed E-state index contributed by atoms with van der Waals surface area (Å²) in [5.74, 6) is 0.894. The van der Waals surface area contributed by atoms with Gasteiger partial charge in [0.05, 0.1) is 7.11 Å². The van der Waals surface area contributed by atoms with Crippen LogP contribution < -0.4 is 4.74 Å². The van der Waals surface area contributed by atoms with Crippen LogP contribution >= 0.6 is 0 Å². The number of nitrogens with zero attached hydrogens (tertiary/aromatic N) is 1. The Bertz CT molecular complexity index is 457. The van der Waals surface area contributed by atoms with Gasteiger partial charge in [0.2, 0.25) is 6.08 Å². The second-order valence-electron chi connectivity index (χ2n) is 4.48. The maximum atomic E-state index is 10.5. The van der Waals surface area contributed by atoms with E-state index in [1.165, 1.54) is 5.56 Å². The topological polar surface area (TPSA) is 38.7 Å². The van der Waals surface area contributed by atoms with Crippen LogP contribution in [0.5, 0.6) is 5.75 Å². The Morgan fingerprint density at radius 1 is 1.47 bits per heavy atom. The molecular weight excluding hydrogens is 214 g/mol. The summed E-state index contributed by atoms with van der Waals surface area (Å²) >= 11 is 0. The number of aryl methyl sites for hydroxylation is 1. The number of rotatable bonds is 5. The van der Waals surface area contributed by atoms with Crippen LogP contribution in [0, 0.1) is 0 Å². The van der Waals surface area contributed by atoms with Crippen molar-refractivity contribution in [3.8, 4) is 5.75 Å². The molecule has 3 heteroatoms. The highest BCUT2D eigenvalue weighted by Gasteiger charge is 2.47. The highest BCUT2D eigenvalue weighted by atomic mass is 16.5. The maximum absolute atomic E-state index is 10.5. The van der Waals surface area contributed by atoms with Gasteiger partial charge in [-0.25, -0.2) is 4.79 Å². The fourth-order valence-corrected chi connectivity index (χ4v) is 2.31. The Morgan fingerprint density at radius 2 is 2.24 bits per heavy atom. The molecule has 17 heavy (non-hydrogen) atoms. The third-order valence-electron chi connectivity index (χ3n) is 3.30. The normalized spacial score (nSPS) is 16.1. The van der Waals surface area contributed by atoms with E-state index < -0.39 is 0 Å². The number of methoxy groups -OCH3 is 1. The highest BCUT2D eigenvalue weighted by molar-refractivity contribution is 5.50. The molecule has 0 amide bonds. The average Bonchev–Trinajstić information content (AvgIpc) is 3.11. The lowest BCUT2D eigenvalue weighted by Gasteiger charge is -2.16. The molecule has 90 valence electrons. The maximum Gasteiger partial charge on any atom is 0.235 e. The molecule has 1 saturated carbocycles. The zero-order valence-corrected chi connectivity index (χ0v) is 10.3.